The van der Waals surface area contributed by atoms with Gasteiger partial charge in [-0.3, -0.25) is 9.59 Å². The predicted octanol–water partition coefficient (Wildman–Crippen LogP) is 4.70. The standard InChI is InChI=1S/C28H35N3O5/c1-18(32)9-6-5-7-12-26(28(34)30-20-10-8-11-21(15-20)35-3)31-27(33)17-23-19(2)29-25-14-13-22(36-4)16-24(23)25/h8,10-11,13-16,26,29H,5-7,9,12,17H2,1-4H3,(H,30,34)(H,31,33). The third-order valence-corrected chi connectivity index (χ3v) is 6.17. The number of amides is 2. The first-order valence-corrected chi connectivity index (χ1v) is 12.2. The van der Waals surface area contributed by atoms with E-state index in [0.29, 0.717) is 36.4 Å². The van der Waals surface area contributed by atoms with Gasteiger partial charge in [-0.2, -0.15) is 0 Å². The Kier molecular flexibility index (Phi) is 9.50. The monoisotopic (exact) mass is 493 g/mol. The molecule has 1 heterocycles. The van der Waals surface area contributed by atoms with E-state index in [2.05, 4.69) is 15.6 Å². The van der Waals surface area contributed by atoms with Crippen molar-refractivity contribution in [1.82, 2.24) is 10.3 Å². The van der Waals surface area contributed by atoms with E-state index in [9.17, 15) is 14.4 Å². The van der Waals surface area contributed by atoms with Gasteiger partial charge in [-0.15, -0.1) is 0 Å². The van der Waals surface area contributed by atoms with E-state index >= 15 is 0 Å². The number of ether oxygens (including phenoxy) is 2. The maximum absolute atomic E-state index is 13.1. The van der Waals surface area contributed by atoms with E-state index in [1.807, 2.05) is 25.1 Å². The fourth-order valence-corrected chi connectivity index (χ4v) is 4.22. The number of aromatic nitrogens is 1. The van der Waals surface area contributed by atoms with Crippen molar-refractivity contribution in [2.75, 3.05) is 19.5 Å². The molecule has 1 atom stereocenters. The number of aromatic amines is 1. The fourth-order valence-electron chi connectivity index (χ4n) is 4.22. The van der Waals surface area contributed by atoms with Crippen LogP contribution in [0.5, 0.6) is 11.5 Å². The summed E-state index contributed by atoms with van der Waals surface area (Å²) in [5.74, 6) is 0.963. The second-order valence-corrected chi connectivity index (χ2v) is 8.96. The van der Waals surface area contributed by atoms with Gasteiger partial charge < -0.3 is 29.9 Å². The van der Waals surface area contributed by atoms with Crippen molar-refractivity contribution >= 4 is 34.2 Å². The zero-order valence-electron chi connectivity index (χ0n) is 21.4. The van der Waals surface area contributed by atoms with Crippen LogP contribution in [-0.2, 0) is 20.8 Å². The first kappa shape index (κ1) is 26.8. The van der Waals surface area contributed by atoms with E-state index in [4.69, 9.17) is 9.47 Å². The van der Waals surface area contributed by atoms with Crippen LogP contribution in [0.15, 0.2) is 42.5 Å². The number of ketones is 1. The lowest BCUT2D eigenvalue weighted by Crippen LogP contribution is -2.44. The van der Waals surface area contributed by atoms with Crippen molar-refractivity contribution in [2.24, 2.45) is 0 Å². The molecule has 0 saturated carbocycles. The van der Waals surface area contributed by atoms with E-state index < -0.39 is 6.04 Å². The molecule has 2 aromatic carbocycles. The molecule has 0 aliphatic rings. The van der Waals surface area contributed by atoms with Crippen LogP contribution in [0.4, 0.5) is 5.69 Å². The van der Waals surface area contributed by atoms with Gasteiger partial charge >= 0.3 is 0 Å². The summed E-state index contributed by atoms with van der Waals surface area (Å²) in [5, 5.41) is 6.74. The van der Waals surface area contributed by atoms with Gasteiger partial charge in [0.2, 0.25) is 11.8 Å². The molecule has 0 aliphatic carbocycles. The van der Waals surface area contributed by atoms with Crippen molar-refractivity contribution in [3.8, 4) is 11.5 Å². The van der Waals surface area contributed by atoms with E-state index in [1.54, 1.807) is 45.4 Å². The number of hydrogen-bond acceptors (Lipinski definition) is 5. The Morgan fingerprint density at radius 1 is 0.972 bits per heavy atom. The summed E-state index contributed by atoms with van der Waals surface area (Å²) in [7, 11) is 3.17. The molecule has 0 bridgehead atoms. The molecule has 8 nitrogen and oxygen atoms in total. The smallest absolute Gasteiger partial charge is 0.246 e. The van der Waals surface area contributed by atoms with Gasteiger partial charge in [0, 0.05) is 34.8 Å². The number of fused-ring (bicyclic) bond motifs is 1. The number of carbonyl (C=O) groups excluding carboxylic acids is 3. The van der Waals surface area contributed by atoms with Crippen LogP contribution in [0, 0.1) is 6.92 Å². The number of Topliss-reactive ketones (excluding diaryl/α,β-unsaturated/α-hetero) is 1. The van der Waals surface area contributed by atoms with Crippen molar-refractivity contribution in [3.05, 3.63) is 53.7 Å². The third kappa shape index (κ3) is 7.34. The molecule has 1 unspecified atom stereocenters. The molecule has 0 spiro atoms. The minimum atomic E-state index is -0.707. The molecule has 2 amide bonds. The third-order valence-electron chi connectivity index (χ3n) is 6.17. The molecule has 3 N–H and O–H groups in total. The summed E-state index contributed by atoms with van der Waals surface area (Å²) in [5.41, 5.74) is 3.29. The van der Waals surface area contributed by atoms with Crippen LogP contribution in [0.1, 0.15) is 50.3 Å². The SMILES string of the molecule is COc1cccc(NC(=O)C(CCCCCC(C)=O)NC(=O)Cc2c(C)[nH]c3ccc(OC)cc23)c1. The zero-order chi connectivity index (χ0) is 26.1. The molecular weight excluding hydrogens is 458 g/mol. The lowest BCUT2D eigenvalue weighted by atomic mass is 10.0. The Morgan fingerprint density at radius 3 is 2.44 bits per heavy atom. The fraction of sp³-hybridized carbons (Fsp3) is 0.393. The summed E-state index contributed by atoms with van der Waals surface area (Å²) in [6, 6.07) is 12.1. The number of methoxy groups -OCH3 is 2. The predicted molar refractivity (Wildman–Crippen MR) is 141 cm³/mol. The van der Waals surface area contributed by atoms with Gasteiger partial charge in [0.05, 0.1) is 20.6 Å². The first-order chi connectivity index (χ1) is 17.3. The summed E-state index contributed by atoms with van der Waals surface area (Å²) < 4.78 is 10.6. The Balaban J connectivity index is 1.72. The highest BCUT2D eigenvalue weighted by molar-refractivity contribution is 5.98. The van der Waals surface area contributed by atoms with Gasteiger partial charge in [-0.25, -0.2) is 0 Å². The highest BCUT2D eigenvalue weighted by atomic mass is 16.5. The lowest BCUT2D eigenvalue weighted by molar-refractivity contribution is -0.126. The number of unbranched alkanes of at least 4 members (excludes halogenated alkanes) is 2. The molecule has 0 fully saturated rings. The second-order valence-electron chi connectivity index (χ2n) is 8.96. The molecule has 8 heteroatoms. The highest BCUT2D eigenvalue weighted by Crippen LogP contribution is 2.27. The molecule has 3 rings (SSSR count). The van der Waals surface area contributed by atoms with Crippen molar-refractivity contribution < 1.29 is 23.9 Å². The lowest BCUT2D eigenvalue weighted by Gasteiger charge is -2.19. The van der Waals surface area contributed by atoms with Gasteiger partial charge in [-0.1, -0.05) is 18.9 Å². The summed E-state index contributed by atoms with van der Waals surface area (Å²) in [6.45, 7) is 3.50. The largest absolute Gasteiger partial charge is 0.497 e. The molecule has 0 saturated heterocycles. The van der Waals surface area contributed by atoms with Crippen LogP contribution < -0.4 is 20.1 Å². The second kappa shape index (κ2) is 12.8. The molecule has 0 aliphatic heterocycles. The number of carbonyl (C=O) groups is 3. The van der Waals surface area contributed by atoms with Gasteiger partial charge in [0.1, 0.15) is 23.3 Å². The number of aryl methyl sites for hydroxylation is 1. The van der Waals surface area contributed by atoms with Crippen LogP contribution in [-0.4, -0.2) is 42.8 Å². The number of hydrogen-bond donors (Lipinski definition) is 3. The zero-order valence-corrected chi connectivity index (χ0v) is 21.4. The first-order valence-electron chi connectivity index (χ1n) is 12.2. The van der Waals surface area contributed by atoms with Crippen LogP contribution >= 0.6 is 0 Å². The molecule has 3 aromatic rings. The maximum Gasteiger partial charge on any atom is 0.246 e. The summed E-state index contributed by atoms with van der Waals surface area (Å²) in [6.07, 6.45) is 3.42. The molecular formula is C28H35N3O5. The van der Waals surface area contributed by atoms with Crippen LogP contribution in [0.3, 0.4) is 0 Å². The topological polar surface area (TPSA) is 110 Å². The Labute approximate surface area is 211 Å². The Hall–Kier alpha value is -3.81. The molecule has 36 heavy (non-hydrogen) atoms. The van der Waals surface area contributed by atoms with Gasteiger partial charge in [0.15, 0.2) is 0 Å². The minimum absolute atomic E-state index is 0.131. The molecule has 0 radical (unpaired) electrons. The van der Waals surface area contributed by atoms with Gasteiger partial charge in [-0.05, 0) is 62.6 Å². The van der Waals surface area contributed by atoms with Crippen molar-refractivity contribution in [2.45, 2.75) is 58.4 Å². The molecule has 192 valence electrons. The van der Waals surface area contributed by atoms with Crippen LogP contribution in [0.2, 0.25) is 0 Å². The van der Waals surface area contributed by atoms with E-state index in [1.165, 1.54) is 0 Å². The van der Waals surface area contributed by atoms with Crippen molar-refractivity contribution in [1.29, 1.82) is 0 Å². The number of H-pyrrole nitrogens is 1. The summed E-state index contributed by atoms with van der Waals surface area (Å²) in [4.78, 5) is 40.8. The number of anilines is 1. The minimum Gasteiger partial charge on any atom is -0.497 e. The van der Waals surface area contributed by atoms with Crippen molar-refractivity contribution in [3.63, 3.8) is 0 Å². The highest BCUT2D eigenvalue weighted by Gasteiger charge is 2.22. The van der Waals surface area contributed by atoms with Gasteiger partial charge in [0.25, 0.3) is 0 Å². The van der Waals surface area contributed by atoms with E-state index in [-0.39, 0.29) is 24.0 Å². The maximum atomic E-state index is 13.1. The average molecular weight is 494 g/mol. The quantitative estimate of drug-likeness (QED) is 0.299. The number of benzene rings is 2. The van der Waals surface area contributed by atoms with E-state index in [0.717, 1.165) is 35.0 Å². The average Bonchev–Trinajstić information content (AvgIpc) is 3.16. The van der Waals surface area contributed by atoms with Crippen LogP contribution in [0.25, 0.3) is 10.9 Å². The molecule has 1 aromatic heterocycles. The number of rotatable bonds is 13. The Morgan fingerprint density at radius 2 is 1.72 bits per heavy atom. The summed E-state index contributed by atoms with van der Waals surface area (Å²) >= 11 is 0. The Bertz CT molecular complexity index is 1220. The normalized spacial score (nSPS) is 11.7. The number of nitrogens with one attached hydrogen (secondary N) is 3.